The number of aliphatic hydroxyl groups is 1. The Morgan fingerprint density at radius 2 is 1.96 bits per heavy atom. The first-order valence-electron chi connectivity index (χ1n) is 9.61. The summed E-state index contributed by atoms with van der Waals surface area (Å²) in [5.74, 6) is 0. The molecule has 5 heteroatoms. The minimum Gasteiger partial charge on any atom is -0.389 e. The molecule has 2 heterocycles. The van der Waals surface area contributed by atoms with Crippen LogP contribution in [0.3, 0.4) is 0 Å². The number of ether oxygens (including phenoxy) is 2. The summed E-state index contributed by atoms with van der Waals surface area (Å²) in [6, 6.07) is 8.65. The smallest absolute Gasteiger partial charge is 0.0900 e. The van der Waals surface area contributed by atoms with Gasteiger partial charge in [-0.05, 0) is 44.4 Å². The zero-order valence-corrected chi connectivity index (χ0v) is 15.4. The third-order valence-corrected chi connectivity index (χ3v) is 5.09. The minimum atomic E-state index is -0.452. The largest absolute Gasteiger partial charge is 0.389 e. The molecule has 2 fully saturated rings. The average Bonchev–Trinajstić information content (AvgIpc) is 3.16. The summed E-state index contributed by atoms with van der Waals surface area (Å²) in [5, 5.41) is 10.3. The summed E-state index contributed by atoms with van der Waals surface area (Å²) < 4.78 is 11.2. The van der Waals surface area contributed by atoms with Crippen molar-refractivity contribution in [2.75, 3.05) is 51.4 Å². The van der Waals surface area contributed by atoms with Crippen LogP contribution in [0.2, 0.25) is 0 Å². The number of para-hydroxylation sites is 1. The van der Waals surface area contributed by atoms with E-state index in [4.69, 9.17) is 9.47 Å². The molecule has 0 bridgehead atoms. The third kappa shape index (κ3) is 5.68. The highest BCUT2D eigenvalue weighted by atomic mass is 16.5. The predicted molar refractivity (Wildman–Crippen MR) is 100 cm³/mol. The van der Waals surface area contributed by atoms with Crippen molar-refractivity contribution >= 4 is 5.69 Å². The second kappa shape index (κ2) is 9.53. The first-order valence-corrected chi connectivity index (χ1v) is 9.61. The van der Waals surface area contributed by atoms with Crippen LogP contribution in [0, 0.1) is 0 Å². The molecule has 25 heavy (non-hydrogen) atoms. The number of hydrogen-bond acceptors (Lipinski definition) is 5. The second-order valence-electron chi connectivity index (χ2n) is 7.32. The maximum Gasteiger partial charge on any atom is 0.0900 e. The molecule has 2 saturated heterocycles. The van der Waals surface area contributed by atoms with Gasteiger partial charge in [0.15, 0.2) is 0 Å². The van der Waals surface area contributed by atoms with Gasteiger partial charge in [-0.15, -0.1) is 0 Å². The molecule has 1 atom stereocenters. The lowest BCUT2D eigenvalue weighted by Gasteiger charge is -2.27. The lowest BCUT2D eigenvalue weighted by molar-refractivity contribution is -0.0634. The Balaban J connectivity index is 1.46. The highest BCUT2D eigenvalue weighted by Crippen LogP contribution is 2.25. The van der Waals surface area contributed by atoms with E-state index in [0.717, 1.165) is 45.7 Å². The van der Waals surface area contributed by atoms with Crippen molar-refractivity contribution in [3.8, 4) is 0 Å². The van der Waals surface area contributed by atoms with Gasteiger partial charge in [-0.25, -0.2) is 0 Å². The van der Waals surface area contributed by atoms with Crippen LogP contribution in [-0.4, -0.2) is 68.7 Å². The minimum absolute atomic E-state index is 0.240. The molecule has 1 unspecified atom stereocenters. The summed E-state index contributed by atoms with van der Waals surface area (Å²) in [6.07, 6.45) is 4.23. The van der Waals surface area contributed by atoms with Gasteiger partial charge >= 0.3 is 0 Å². The van der Waals surface area contributed by atoms with Crippen LogP contribution in [-0.2, 0) is 16.0 Å². The van der Waals surface area contributed by atoms with Crippen molar-refractivity contribution in [1.82, 2.24) is 4.90 Å². The molecule has 1 aromatic rings. The van der Waals surface area contributed by atoms with Crippen molar-refractivity contribution in [3.63, 3.8) is 0 Å². The number of rotatable bonds is 8. The summed E-state index contributed by atoms with van der Waals surface area (Å²) >= 11 is 0. The van der Waals surface area contributed by atoms with E-state index in [-0.39, 0.29) is 6.10 Å². The Morgan fingerprint density at radius 1 is 1.24 bits per heavy atom. The Bertz CT molecular complexity index is 513. The number of likely N-dealkylation sites (N-methyl/N-ethyl adjacent to an activating group) is 1. The van der Waals surface area contributed by atoms with Crippen LogP contribution in [0.25, 0.3) is 0 Å². The molecular formula is C20H32N2O3. The van der Waals surface area contributed by atoms with Crippen molar-refractivity contribution in [1.29, 1.82) is 0 Å². The van der Waals surface area contributed by atoms with Gasteiger partial charge in [-0.3, -0.25) is 4.90 Å². The van der Waals surface area contributed by atoms with E-state index in [1.165, 1.54) is 24.1 Å². The number of nitrogens with zero attached hydrogens (tertiary/aromatic N) is 2. The fourth-order valence-corrected chi connectivity index (χ4v) is 3.77. The number of aliphatic hydroxyl groups excluding tert-OH is 1. The van der Waals surface area contributed by atoms with Crippen molar-refractivity contribution in [2.24, 2.45) is 0 Å². The van der Waals surface area contributed by atoms with E-state index >= 15 is 0 Å². The number of anilines is 1. The van der Waals surface area contributed by atoms with Crippen LogP contribution in [0.5, 0.6) is 0 Å². The average molecular weight is 348 g/mol. The van der Waals surface area contributed by atoms with Gasteiger partial charge in [0.2, 0.25) is 0 Å². The maximum absolute atomic E-state index is 10.3. The van der Waals surface area contributed by atoms with Gasteiger partial charge in [-0.2, -0.15) is 0 Å². The molecule has 0 aliphatic carbocycles. The Kier molecular flexibility index (Phi) is 7.11. The molecule has 1 aromatic carbocycles. The highest BCUT2D eigenvalue weighted by molar-refractivity contribution is 5.54. The lowest BCUT2D eigenvalue weighted by Crippen LogP contribution is -2.34. The molecular weight excluding hydrogens is 316 g/mol. The quantitative estimate of drug-likeness (QED) is 0.781. The van der Waals surface area contributed by atoms with Crippen LogP contribution in [0.15, 0.2) is 24.3 Å². The summed E-state index contributed by atoms with van der Waals surface area (Å²) in [6.45, 7) is 5.73. The van der Waals surface area contributed by atoms with Gasteiger partial charge in [0, 0.05) is 45.1 Å². The lowest BCUT2D eigenvalue weighted by atomic mass is 10.1. The Morgan fingerprint density at radius 3 is 2.72 bits per heavy atom. The van der Waals surface area contributed by atoms with Gasteiger partial charge in [0.25, 0.3) is 0 Å². The Labute approximate surface area is 151 Å². The van der Waals surface area contributed by atoms with Gasteiger partial charge < -0.3 is 19.5 Å². The monoisotopic (exact) mass is 348 g/mol. The molecule has 0 spiro atoms. The van der Waals surface area contributed by atoms with Gasteiger partial charge in [0.1, 0.15) is 0 Å². The molecule has 3 rings (SSSR count). The van der Waals surface area contributed by atoms with Crippen LogP contribution in [0.1, 0.15) is 31.2 Å². The molecule has 1 N–H and O–H groups in total. The van der Waals surface area contributed by atoms with Crippen LogP contribution < -0.4 is 4.90 Å². The third-order valence-electron chi connectivity index (χ3n) is 5.09. The number of benzene rings is 1. The molecule has 2 aliphatic rings. The summed E-state index contributed by atoms with van der Waals surface area (Å²) in [7, 11) is 2.07. The SMILES string of the molecule is CN(Cc1ccccc1N1CCCC1)CC(O)COC1CCOCC1. The topological polar surface area (TPSA) is 45.2 Å². The Hall–Kier alpha value is -1.14. The highest BCUT2D eigenvalue weighted by Gasteiger charge is 2.19. The fraction of sp³-hybridized carbons (Fsp3) is 0.700. The molecule has 0 radical (unpaired) electrons. The molecule has 0 saturated carbocycles. The van der Waals surface area contributed by atoms with Crippen LogP contribution in [0.4, 0.5) is 5.69 Å². The number of hydrogen-bond donors (Lipinski definition) is 1. The van der Waals surface area contributed by atoms with Crippen molar-refractivity contribution in [3.05, 3.63) is 29.8 Å². The van der Waals surface area contributed by atoms with E-state index < -0.39 is 6.10 Å². The standard InChI is InChI=1S/C20H32N2O3/c1-21(15-18(23)16-25-19-8-12-24-13-9-19)14-17-6-2-3-7-20(17)22-10-4-5-11-22/h2-3,6-7,18-19,23H,4-5,8-16H2,1H3. The first-order chi connectivity index (χ1) is 12.2. The summed E-state index contributed by atoms with van der Waals surface area (Å²) in [4.78, 5) is 4.67. The molecule has 0 amide bonds. The molecule has 2 aliphatic heterocycles. The fourth-order valence-electron chi connectivity index (χ4n) is 3.77. The van der Waals surface area contributed by atoms with Crippen LogP contribution >= 0.6 is 0 Å². The molecule has 0 aromatic heterocycles. The predicted octanol–water partition coefficient (Wildman–Crippen LogP) is 2.28. The zero-order valence-electron chi connectivity index (χ0n) is 15.4. The van der Waals surface area contributed by atoms with E-state index in [1.807, 2.05) is 0 Å². The first kappa shape index (κ1) is 18.6. The van der Waals surface area contributed by atoms with Gasteiger partial charge in [0.05, 0.1) is 18.8 Å². The van der Waals surface area contributed by atoms with E-state index in [9.17, 15) is 5.11 Å². The second-order valence-corrected chi connectivity index (χ2v) is 7.32. The molecule has 5 nitrogen and oxygen atoms in total. The van der Waals surface area contributed by atoms with Crippen molar-refractivity contribution < 1.29 is 14.6 Å². The molecule has 140 valence electrons. The van der Waals surface area contributed by atoms with Gasteiger partial charge in [-0.1, -0.05) is 18.2 Å². The van der Waals surface area contributed by atoms with E-state index in [0.29, 0.717) is 13.2 Å². The van der Waals surface area contributed by atoms with Crippen molar-refractivity contribution in [2.45, 2.75) is 44.4 Å². The zero-order chi connectivity index (χ0) is 17.5. The van der Waals surface area contributed by atoms with E-state index in [2.05, 4.69) is 41.1 Å². The maximum atomic E-state index is 10.3. The normalized spacial score (nSPS) is 20.4. The van der Waals surface area contributed by atoms with E-state index in [1.54, 1.807) is 0 Å². The summed E-state index contributed by atoms with van der Waals surface area (Å²) in [5.41, 5.74) is 2.68.